The van der Waals surface area contributed by atoms with Gasteiger partial charge in [-0.3, -0.25) is 0 Å². The quantitative estimate of drug-likeness (QED) is 0.642. The van der Waals surface area contributed by atoms with Crippen molar-refractivity contribution in [2.45, 2.75) is 39.0 Å². The fraction of sp³-hybridized carbons (Fsp3) is 1.00. The summed E-state index contributed by atoms with van der Waals surface area (Å²) >= 11 is -1.33. The molecule has 8 heavy (non-hydrogen) atoms. The topological polar surface area (TPSA) is 0 Å². The van der Waals surface area contributed by atoms with Crippen molar-refractivity contribution in [3.8, 4) is 0 Å². The molecule has 0 heterocycles. The Labute approximate surface area is 57.5 Å². The van der Waals surface area contributed by atoms with Gasteiger partial charge in [-0.25, -0.2) is 0 Å². The van der Waals surface area contributed by atoms with Gasteiger partial charge in [-0.1, -0.05) is 0 Å². The van der Waals surface area contributed by atoms with Crippen LogP contribution in [0.25, 0.3) is 0 Å². The van der Waals surface area contributed by atoms with Crippen LogP contribution in [0.5, 0.6) is 0 Å². The molecular weight excluding hydrogens is 203 g/mol. The van der Waals surface area contributed by atoms with E-state index in [9.17, 15) is 0 Å². The average Bonchev–Trinajstić information content (AvgIpc) is 1.67. The van der Waals surface area contributed by atoms with E-state index in [1.165, 1.54) is 10.9 Å². The molecule has 0 nitrogen and oxygen atoms in total. The molecule has 0 saturated carbocycles. The van der Waals surface area contributed by atoms with Crippen LogP contribution in [0.4, 0.5) is 0 Å². The standard InChI is InChI=1S/C3H7.C2H5.2CH3.Sn/c1-3-2;1-2;;;/h1,3H2,2H3;1H2,2H3;2*1H3;. The summed E-state index contributed by atoms with van der Waals surface area (Å²) in [6.45, 7) is 4.65. The van der Waals surface area contributed by atoms with Crippen LogP contribution in [0.2, 0.25) is 18.8 Å². The van der Waals surface area contributed by atoms with E-state index in [0.29, 0.717) is 0 Å². The zero-order chi connectivity index (χ0) is 6.62. The van der Waals surface area contributed by atoms with Crippen LogP contribution in [0.1, 0.15) is 20.3 Å². The molecule has 0 aliphatic heterocycles. The van der Waals surface area contributed by atoms with Crippen LogP contribution >= 0.6 is 0 Å². The Hall–Kier alpha value is 0.799. The zero-order valence-electron chi connectivity index (χ0n) is 6.62. The van der Waals surface area contributed by atoms with E-state index in [0.717, 1.165) is 0 Å². The van der Waals surface area contributed by atoms with Crippen molar-refractivity contribution in [3.05, 3.63) is 0 Å². The van der Waals surface area contributed by atoms with E-state index in [1.807, 2.05) is 0 Å². The van der Waals surface area contributed by atoms with E-state index in [4.69, 9.17) is 0 Å². The van der Waals surface area contributed by atoms with Crippen molar-refractivity contribution in [1.29, 1.82) is 0 Å². The predicted octanol–water partition coefficient (Wildman–Crippen LogP) is 3.12. The second kappa shape index (κ2) is 3.75. The second-order valence-corrected chi connectivity index (χ2v) is 19.1. The van der Waals surface area contributed by atoms with Crippen LogP contribution in [-0.2, 0) is 0 Å². The van der Waals surface area contributed by atoms with E-state index in [1.54, 1.807) is 4.44 Å². The van der Waals surface area contributed by atoms with Crippen LogP contribution in [0, 0.1) is 0 Å². The Morgan fingerprint density at radius 2 is 1.62 bits per heavy atom. The molecule has 0 bridgehead atoms. The van der Waals surface area contributed by atoms with Crippen LogP contribution in [0.15, 0.2) is 0 Å². The Morgan fingerprint density at radius 1 is 1.12 bits per heavy atom. The third kappa shape index (κ3) is 3.76. The monoisotopic (exact) mass is 222 g/mol. The first-order chi connectivity index (χ1) is 3.62. The van der Waals surface area contributed by atoms with Gasteiger partial charge < -0.3 is 0 Å². The van der Waals surface area contributed by atoms with Gasteiger partial charge in [0.15, 0.2) is 0 Å². The number of hydrogen-bond donors (Lipinski definition) is 0. The molecular formula is C7H18Sn. The van der Waals surface area contributed by atoms with Gasteiger partial charge in [-0.2, -0.15) is 0 Å². The Morgan fingerprint density at radius 3 is 1.75 bits per heavy atom. The summed E-state index contributed by atoms with van der Waals surface area (Å²) in [4.78, 5) is 5.08. The maximum absolute atomic E-state index is 2.54. The molecule has 0 saturated heterocycles. The molecule has 50 valence electrons. The van der Waals surface area contributed by atoms with Crippen LogP contribution in [0.3, 0.4) is 0 Å². The Kier molecular flexibility index (Phi) is 4.13. The third-order valence-corrected chi connectivity index (χ3v) is 12.6. The van der Waals surface area contributed by atoms with Crippen LogP contribution in [-0.4, -0.2) is 18.4 Å². The summed E-state index contributed by atoms with van der Waals surface area (Å²) in [5, 5.41) is 0. The Bertz CT molecular complexity index is 57.4. The Balaban J connectivity index is 3.37. The van der Waals surface area contributed by atoms with Gasteiger partial charge in [-0.05, 0) is 0 Å². The van der Waals surface area contributed by atoms with Crippen molar-refractivity contribution in [3.63, 3.8) is 0 Å². The molecule has 0 N–H and O–H groups in total. The van der Waals surface area contributed by atoms with Crippen molar-refractivity contribution >= 4 is 18.4 Å². The van der Waals surface area contributed by atoms with Gasteiger partial charge in [0.25, 0.3) is 0 Å². The van der Waals surface area contributed by atoms with Gasteiger partial charge in [0.05, 0.1) is 0 Å². The van der Waals surface area contributed by atoms with Crippen molar-refractivity contribution < 1.29 is 0 Å². The van der Waals surface area contributed by atoms with Gasteiger partial charge in [0.1, 0.15) is 0 Å². The summed E-state index contributed by atoms with van der Waals surface area (Å²) in [5.74, 6) is 0. The molecule has 0 atom stereocenters. The molecule has 0 amide bonds. The SMILES string of the molecule is CC[CH2][Sn]([CH3])([CH3])[CH2]C. The molecule has 0 aliphatic rings. The van der Waals surface area contributed by atoms with E-state index in [-0.39, 0.29) is 0 Å². The number of rotatable bonds is 3. The summed E-state index contributed by atoms with van der Waals surface area (Å²) in [6.07, 6.45) is 1.41. The van der Waals surface area contributed by atoms with E-state index >= 15 is 0 Å². The summed E-state index contributed by atoms with van der Waals surface area (Å²) in [5.41, 5.74) is 0. The molecule has 0 aliphatic carbocycles. The van der Waals surface area contributed by atoms with Gasteiger partial charge in [0.2, 0.25) is 0 Å². The molecule has 1 heteroatoms. The first kappa shape index (κ1) is 8.80. The maximum atomic E-state index is 2.54. The first-order valence-corrected chi connectivity index (χ1v) is 13.4. The fourth-order valence-corrected chi connectivity index (χ4v) is 5.73. The zero-order valence-corrected chi connectivity index (χ0v) is 9.48. The molecule has 0 radical (unpaired) electrons. The fourth-order valence-electron chi connectivity index (χ4n) is 0.854. The predicted molar refractivity (Wildman–Crippen MR) is 43.1 cm³/mol. The molecule has 0 rings (SSSR count). The van der Waals surface area contributed by atoms with E-state index in [2.05, 4.69) is 23.7 Å². The number of hydrogen-bond acceptors (Lipinski definition) is 0. The third-order valence-electron chi connectivity index (χ3n) is 1.88. The summed E-state index contributed by atoms with van der Waals surface area (Å²) in [6, 6.07) is 0. The van der Waals surface area contributed by atoms with Gasteiger partial charge in [-0.15, -0.1) is 0 Å². The van der Waals surface area contributed by atoms with Crippen molar-refractivity contribution in [1.82, 2.24) is 0 Å². The summed E-state index contributed by atoms with van der Waals surface area (Å²) in [7, 11) is 0. The molecule has 0 unspecified atom stereocenters. The van der Waals surface area contributed by atoms with Crippen molar-refractivity contribution in [2.75, 3.05) is 0 Å². The first-order valence-electron chi connectivity index (χ1n) is 3.62. The minimum absolute atomic E-state index is 1.33. The van der Waals surface area contributed by atoms with Crippen LogP contribution < -0.4 is 0 Å². The molecule has 0 aromatic carbocycles. The van der Waals surface area contributed by atoms with Gasteiger partial charge >= 0.3 is 57.4 Å². The molecule has 0 aromatic rings. The molecule has 0 aromatic heterocycles. The molecule has 0 spiro atoms. The normalized spacial score (nSPS) is 12.0. The average molecular weight is 221 g/mol. The minimum atomic E-state index is -1.33. The van der Waals surface area contributed by atoms with Gasteiger partial charge in [0, 0.05) is 0 Å². The molecule has 0 fully saturated rings. The van der Waals surface area contributed by atoms with E-state index < -0.39 is 18.4 Å². The van der Waals surface area contributed by atoms with Crippen molar-refractivity contribution in [2.24, 2.45) is 0 Å². The second-order valence-electron chi connectivity index (χ2n) is 3.27. The summed E-state index contributed by atoms with van der Waals surface area (Å²) < 4.78 is 3.09.